The van der Waals surface area contributed by atoms with Gasteiger partial charge in [0.2, 0.25) is 0 Å². The Kier molecular flexibility index (Phi) is 3.14. The van der Waals surface area contributed by atoms with Crippen LogP contribution in [0, 0.1) is 0 Å². The van der Waals surface area contributed by atoms with Gasteiger partial charge in [-0.05, 0) is 16.0 Å². The van der Waals surface area contributed by atoms with Gasteiger partial charge in [0.1, 0.15) is 0 Å². The van der Waals surface area contributed by atoms with Crippen molar-refractivity contribution in [1.82, 2.24) is 0 Å². The summed E-state index contributed by atoms with van der Waals surface area (Å²) in [6, 6.07) is 14.8. The van der Waals surface area contributed by atoms with Crippen molar-refractivity contribution >= 4 is 51.9 Å². The number of benzene rings is 2. The van der Waals surface area contributed by atoms with Crippen molar-refractivity contribution in [2.24, 2.45) is 0 Å². The average Bonchev–Trinajstić information content (AvgIpc) is 2.28. The maximum absolute atomic E-state index is 3.88. The lowest BCUT2D eigenvalue weighted by molar-refractivity contribution is 1.78. The molecule has 0 fully saturated rings. The Balaban J connectivity index is 2.76. The topological polar surface area (TPSA) is 0 Å². The summed E-state index contributed by atoms with van der Waals surface area (Å²) in [5, 5.41) is 2.05. The van der Waals surface area contributed by atoms with Crippen LogP contribution in [0.1, 0.15) is 0 Å². The van der Waals surface area contributed by atoms with Gasteiger partial charge in [-0.1, -0.05) is 78.7 Å². The Morgan fingerprint density at radius 2 is 1.67 bits per heavy atom. The molecule has 0 radical (unpaired) electrons. The third-order valence-corrected chi connectivity index (χ3v) is 8.58. The van der Waals surface area contributed by atoms with Crippen LogP contribution in [0.3, 0.4) is 0 Å². The molecule has 0 bridgehead atoms. The van der Waals surface area contributed by atoms with Gasteiger partial charge in [-0.15, -0.1) is 6.58 Å². The molecule has 2 aromatic rings. The maximum atomic E-state index is 3.88. The van der Waals surface area contributed by atoms with Crippen LogP contribution in [0.25, 0.3) is 10.8 Å². The highest BCUT2D eigenvalue weighted by molar-refractivity contribution is 9.52. The van der Waals surface area contributed by atoms with E-state index in [0.717, 1.165) is 0 Å². The number of rotatable bonds is 2. The molecule has 3 heteroatoms. The summed E-state index contributed by atoms with van der Waals surface area (Å²) in [5.74, 6) is 0. The van der Waals surface area contributed by atoms with Crippen molar-refractivity contribution in [3.05, 3.63) is 54.7 Å². The van der Waals surface area contributed by atoms with Gasteiger partial charge in [0.05, 0.1) is 0 Å². The molecule has 0 aliphatic rings. The summed E-state index contributed by atoms with van der Waals surface area (Å²) >= 11 is 7.50. The molecular formula is C12H10Br2Si. The Morgan fingerprint density at radius 3 is 2.40 bits per heavy atom. The van der Waals surface area contributed by atoms with Gasteiger partial charge in [0.15, 0.2) is 0 Å². The standard InChI is InChI=1S/C12H10Br2Si/c1-2-15(13,14)12-9-5-7-10-6-3-4-8-11(10)12/h2-9H,1H2. The van der Waals surface area contributed by atoms with Gasteiger partial charge < -0.3 is 0 Å². The molecule has 0 aromatic heterocycles. The van der Waals surface area contributed by atoms with E-state index in [1.165, 1.54) is 16.0 Å². The summed E-state index contributed by atoms with van der Waals surface area (Å²) in [7, 11) is 0. The Labute approximate surface area is 106 Å². The molecule has 0 aliphatic carbocycles. The number of halogens is 2. The minimum atomic E-state index is -1.83. The van der Waals surface area contributed by atoms with E-state index >= 15 is 0 Å². The zero-order chi connectivity index (χ0) is 10.9. The van der Waals surface area contributed by atoms with Crippen LogP contribution in [0.2, 0.25) is 0 Å². The van der Waals surface area contributed by atoms with Crippen LogP contribution in [0.5, 0.6) is 0 Å². The number of hydrogen-bond donors (Lipinski definition) is 0. The fraction of sp³-hybridized carbons (Fsp3) is 0. The zero-order valence-corrected chi connectivity index (χ0v) is 12.3. The van der Waals surface area contributed by atoms with Crippen LogP contribution in [-0.4, -0.2) is 5.31 Å². The minimum absolute atomic E-state index is 1.27. The predicted molar refractivity (Wildman–Crippen MR) is 77.4 cm³/mol. The SMILES string of the molecule is C=C[Si](Br)(Br)c1cccc2ccccc12. The molecular weight excluding hydrogens is 332 g/mol. The van der Waals surface area contributed by atoms with Gasteiger partial charge >= 0.3 is 0 Å². The summed E-state index contributed by atoms with van der Waals surface area (Å²) in [6.45, 7) is 3.88. The third-order valence-electron chi connectivity index (χ3n) is 2.41. The highest BCUT2D eigenvalue weighted by Gasteiger charge is 2.26. The van der Waals surface area contributed by atoms with Gasteiger partial charge in [-0.25, -0.2) is 0 Å². The molecule has 0 spiro atoms. The second kappa shape index (κ2) is 4.24. The van der Waals surface area contributed by atoms with E-state index in [2.05, 4.69) is 79.6 Å². The van der Waals surface area contributed by atoms with E-state index in [9.17, 15) is 0 Å². The van der Waals surface area contributed by atoms with Crippen molar-refractivity contribution in [2.45, 2.75) is 0 Å². The highest BCUT2D eigenvalue weighted by Crippen LogP contribution is 2.25. The third kappa shape index (κ3) is 2.09. The zero-order valence-electron chi connectivity index (χ0n) is 8.08. The summed E-state index contributed by atoms with van der Waals surface area (Å²) in [4.78, 5) is 0. The second-order valence-electron chi connectivity index (χ2n) is 3.35. The van der Waals surface area contributed by atoms with Crippen LogP contribution < -0.4 is 5.19 Å². The molecule has 0 atom stereocenters. The Morgan fingerprint density at radius 1 is 1.00 bits per heavy atom. The lowest BCUT2D eigenvalue weighted by Crippen LogP contribution is -2.33. The normalized spacial score (nSPS) is 11.6. The first-order valence-electron chi connectivity index (χ1n) is 4.65. The van der Waals surface area contributed by atoms with Gasteiger partial charge in [0, 0.05) is 0 Å². The molecule has 0 unspecified atom stereocenters. The second-order valence-corrected chi connectivity index (χ2v) is 16.2. The first kappa shape index (κ1) is 11.1. The lowest BCUT2D eigenvalue weighted by Gasteiger charge is -2.15. The monoisotopic (exact) mass is 340 g/mol. The van der Waals surface area contributed by atoms with Crippen molar-refractivity contribution in [1.29, 1.82) is 0 Å². The largest absolute Gasteiger partial charge is 0.252 e. The molecule has 0 heterocycles. The quantitative estimate of drug-likeness (QED) is 0.572. The van der Waals surface area contributed by atoms with Crippen LogP contribution in [0.4, 0.5) is 0 Å². The highest BCUT2D eigenvalue weighted by atomic mass is 79.9. The maximum Gasteiger partial charge on any atom is 0.252 e. The fourth-order valence-corrected chi connectivity index (χ4v) is 4.83. The van der Waals surface area contributed by atoms with E-state index in [1.807, 2.05) is 5.70 Å². The fourth-order valence-electron chi connectivity index (χ4n) is 1.63. The Bertz CT molecular complexity index is 500. The predicted octanol–water partition coefficient (Wildman–Crippen LogP) is 4.00. The molecule has 76 valence electrons. The molecule has 15 heavy (non-hydrogen) atoms. The van der Waals surface area contributed by atoms with Crippen LogP contribution >= 0.6 is 30.6 Å². The summed E-state index contributed by atoms with van der Waals surface area (Å²) in [6.07, 6.45) is 0. The van der Waals surface area contributed by atoms with Crippen LogP contribution in [-0.2, 0) is 0 Å². The molecule has 0 aliphatic heterocycles. The number of fused-ring (bicyclic) bond motifs is 1. The van der Waals surface area contributed by atoms with Gasteiger partial charge in [0.25, 0.3) is 5.31 Å². The van der Waals surface area contributed by atoms with Crippen molar-refractivity contribution in [3.8, 4) is 0 Å². The lowest BCUT2D eigenvalue weighted by atomic mass is 10.1. The summed E-state index contributed by atoms with van der Waals surface area (Å²) in [5.41, 5.74) is 1.98. The Hall–Kier alpha value is -0.383. The average molecular weight is 342 g/mol. The summed E-state index contributed by atoms with van der Waals surface area (Å²) < 4.78 is 0. The molecule has 0 nitrogen and oxygen atoms in total. The molecule has 0 saturated carbocycles. The van der Waals surface area contributed by atoms with Gasteiger partial charge in [-0.2, -0.15) is 0 Å². The van der Waals surface area contributed by atoms with E-state index in [0.29, 0.717) is 0 Å². The molecule has 2 rings (SSSR count). The van der Waals surface area contributed by atoms with E-state index < -0.39 is 5.31 Å². The first-order chi connectivity index (χ1) is 7.15. The van der Waals surface area contributed by atoms with Crippen molar-refractivity contribution in [3.63, 3.8) is 0 Å². The van der Waals surface area contributed by atoms with Crippen LogP contribution in [0.15, 0.2) is 54.7 Å². The smallest absolute Gasteiger partial charge is 0.105 e. The molecule has 0 N–H and O–H groups in total. The molecule has 0 amide bonds. The van der Waals surface area contributed by atoms with E-state index in [4.69, 9.17) is 0 Å². The first-order valence-corrected chi connectivity index (χ1v) is 11.2. The number of hydrogen-bond acceptors (Lipinski definition) is 0. The van der Waals surface area contributed by atoms with E-state index in [1.54, 1.807) is 0 Å². The van der Waals surface area contributed by atoms with Crippen molar-refractivity contribution in [2.75, 3.05) is 0 Å². The van der Waals surface area contributed by atoms with E-state index in [-0.39, 0.29) is 0 Å². The van der Waals surface area contributed by atoms with Gasteiger partial charge in [-0.3, -0.25) is 0 Å². The molecule has 0 saturated heterocycles. The minimum Gasteiger partial charge on any atom is -0.105 e. The van der Waals surface area contributed by atoms with Crippen molar-refractivity contribution < 1.29 is 0 Å². The molecule has 2 aromatic carbocycles.